The number of hydrogen-bond donors (Lipinski definition) is 0. The highest BCUT2D eigenvalue weighted by Gasteiger charge is 1.99. The first-order valence-electron chi connectivity index (χ1n) is 6.09. The maximum Gasteiger partial charge on any atom is 0.134 e. The van der Waals surface area contributed by atoms with Crippen molar-refractivity contribution in [1.82, 2.24) is 0 Å². The molecule has 2 nitrogen and oxygen atoms in total. The molecule has 0 saturated carbocycles. The minimum Gasteiger partial charge on any atom is -0.489 e. The van der Waals surface area contributed by atoms with Crippen molar-refractivity contribution in [2.24, 2.45) is 0 Å². The highest BCUT2D eigenvalue weighted by atomic mass is 79.9. The zero-order valence-corrected chi connectivity index (χ0v) is 12.3. The summed E-state index contributed by atoms with van der Waals surface area (Å²) in [5, 5.41) is 0. The fourth-order valence-corrected chi connectivity index (χ4v) is 2.00. The third-order valence-corrected chi connectivity index (χ3v) is 3.22. The summed E-state index contributed by atoms with van der Waals surface area (Å²) in [6, 6.07) is 15.7. The van der Waals surface area contributed by atoms with Crippen molar-refractivity contribution >= 4 is 21.7 Å². The van der Waals surface area contributed by atoms with Gasteiger partial charge in [0.05, 0.1) is 0 Å². The molecule has 0 radical (unpaired) electrons. The van der Waals surface area contributed by atoms with Gasteiger partial charge in [-0.1, -0.05) is 40.2 Å². The number of rotatable bonds is 5. The van der Waals surface area contributed by atoms with Gasteiger partial charge in [-0.05, 0) is 42.3 Å². The maximum atomic E-state index is 11.0. The van der Waals surface area contributed by atoms with Crippen LogP contribution in [0.25, 0.3) is 0 Å². The molecule has 0 saturated heterocycles. The predicted molar refractivity (Wildman–Crippen MR) is 79.3 cm³/mol. The zero-order chi connectivity index (χ0) is 13.7. The summed E-state index contributed by atoms with van der Waals surface area (Å²) < 4.78 is 6.75. The van der Waals surface area contributed by atoms with Gasteiger partial charge in [-0.25, -0.2) is 0 Å². The van der Waals surface area contributed by atoms with Crippen molar-refractivity contribution in [1.29, 1.82) is 0 Å². The van der Waals surface area contributed by atoms with Crippen molar-refractivity contribution in [2.45, 2.75) is 20.0 Å². The van der Waals surface area contributed by atoms with Crippen molar-refractivity contribution in [3.8, 4) is 5.75 Å². The number of ether oxygens (including phenoxy) is 1. The maximum absolute atomic E-state index is 11.0. The third kappa shape index (κ3) is 4.52. The van der Waals surface area contributed by atoms with Crippen LogP contribution < -0.4 is 4.74 Å². The number of hydrogen-bond acceptors (Lipinski definition) is 2. The lowest BCUT2D eigenvalue weighted by Gasteiger charge is -2.07. The molecule has 19 heavy (non-hydrogen) atoms. The molecule has 0 fully saturated rings. The highest BCUT2D eigenvalue weighted by molar-refractivity contribution is 9.10. The van der Waals surface area contributed by atoms with Crippen molar-refractivity contribution in [2.75, 3.05) is 0 Å². The monoisotopic (exact) mass is 318 g/mol. The number of carbonyl (C=O) groups is 1. The summed E-state index contributed by atoms with van der Waals surface area (Å²) in [4.78, 5) is 11.0. The molecule has 0 aromatic heterocycles. The number of ketones is 1. The smallest absolute Gasteiger partial charge is 0.134 e. The van der Waals surface area contributed by atoms with Crippen LogP contribution in [0.3, 0.4) is 0 Å². The predicted octanol–water partition coefficient (Wildman–Crippen LogP) is 4.16. The van der Waals surface area contributed by atoms with Crippen molar-refractivity contribution in [3.63, 3.8) is 0 Å². The van der Waals surface area contributed by atoms with Gasteiger partial charge in [-0.2, -0.15) is 0 Å². The fraction of sp³-hybridized carbons (Fsp3) is 0.188. The van der Waals surface area contributed by atoms with Gasteiger partial charge in [0.25, 0.3) is 0 Å². The standard InChI is InChI=1S/C16H15BrO2/c1-12(18)10-13-4-8-16(9-5-13)19-11-14-2-6-15(17)7-3-14/h2-9H,10-11H2,1H3. The van der Waals surface area contributed by atoms with Crippen LogP contribution in [0.2, 0.25) is 0 Å². The summed E-state index contributed by atoms with van der Waals surface area (Å²) in [5.41, 5.74) is 2.14. The number of carbonyl (C=O) groups excluding carboxylic acids is 1. The Morgan fingerprint density at radius 3 is 2.16 bits per heavy atom. The van der Waals surface area contributed by atoms with Crippen LogP contribution in [0, 0.1) is 0 Å². The van der Waals surface area contributed by atoms with Crippen molar-refractivity contribution < 1.29 is 9.53 Å². The Hall–Kier alpha value is -1.61. The lowest BCUT2D eigenvalue weighted by Crippen LogP contribution is -1.97. The second-order valence-corrected chi connectivity index (χ2v) is 5.35. The Morgan fingerprint density at radius 2 is 1.58 bits per heavy atom. The van der Waals surface area contributed by atoms with Gasteiger partial charge >= 0.3 is 0 Å². The summed E-state index contributed by atoms with van der Waals surface area (Å²) in [6.45, 7) is 2.14. The van der Waals surface area contributed by atoms with Gasteiger partial charge in [-0.15, -0.1) is 0 Å². The van der Waals surface area contributed by atoms with Gasteiger partial charge in [0.15, 0.2) is 0 Å². The molecule has 2 aromatic carbocycles. The Morgan fingerprint density at radius 1 is 1.00 bits per heavy atom. The molecule has 0 atom stereocenters. The second kappa shape index (κ2) is 6.53. The minimum atomic E-state index is 0.170. The summed E-state index contributed by atoms with van der Waals surface area (Å²) >= 11 is 3.40. The molecule has 0 aliphatic carbocycles. The lowest BCUT2D eigenvalue weighted by atomic mass is 10.1. The number of benzene rings is 2. The van der Waals surface area contributed by atoms with E-state index in [1.54, 1.807) is 6.92 Å². The Labute approximate surface area is 121 Å². The summed E-state index contributed by atoms with van der Waals surface area (Å²) in [5.74, 6) is 0.985. The van der Waals surface area contributed by atoms with E-state index in [4.69, 9.17) is 4.74 Å². The van der Waals surface area contributed by atoms with Crippen LogP contribution in [-0.2, 0) is 17.8 Å². The van der Waals surface area contributed by atoms with Crippen LogP contribution in [0.1, 0.15) is 18.1 Å². The quantitative estimate of drug-likeness (QED) is 0.827. The molecule has 0 amide bonds. The normalized spacial score (nSPS) is 10.2. The second-order valence-electron chi connectivity index (χ2n) is 4.44. The molecule has 0 heterocycles. The van der Waals surface area contributed by atoms with Crippen LogP contribution in [0.4, 0.5) is 0 Å². The van der Waals surface area contributed by atoms with E-state index in [1.807, 2.05) is 48.5 Å². The average molecular weight is 319 g/mol. The van der Waals surface area contributed by atoms with E-state index in [2.05, 4.69) is 15.9 Å². The van der Waals surface area contributed by atoms with E-state index < -0.39 is 0 Å². The molecule has 0 aliphatic heterocycles. The lowest BCUT2D eigenvalue weighted by molar-refractivity contribution is -0.116. The van der Waals surface area contributed by atoms with Crippen molar-refractivity contribution in [3.05, 3.63) is 64.1 Å². The zero-order valence-electron chi connectivity index (χ0n) is 10.7. The first-order valence-corrected chi connectivity index (χ1v) is 6.88. The molecule has 98 valence electrons. The van der Waals surface area contributed by atoms with Gasteiger partial charge in [-0.3, -0.25) is 4.79 Å². The number of halogens is 1. The van der Waals surface area contributed by atoms with E-state index in [9.17, 15) is 4.79 Å². The van der Waals surface area contributed by atoms with E-state index >= 15 is 0 Å². The van der Waals surface area contributed by atoms with Gasteiger partial charge in [0.2, 0.25) is 0 Å². The molecular weight excluding hydrogens is 304 g/mol. The highest BCUT2D eigenvalue weighted by Crippen LogP contribution is 2.16. The van der Waals surface area contributed by atoms with E-state index in [0.29, 0.717) is 13.0 Å². The SMILES string of the molecule is CC(=O)Cc1ccc(OCc2ccc(Br)cc2)cc1. The van der Waals surface area contributed by atoms with Crippen LogP contribution in [-0.4, -0.2) is 5.78 Å². The van der Waals surface area contributed by atoms with Crippen LogP contribution in [0.15, 0.2) is 53.0 Å². The molecule has 3 heteroatoms. The molecule has 0 unspecified atom stereocenters. The minimum absolute atomic E-state index is 0.170. The average Bonchev–Trinajstić information content (AvgIpc) is 2.39. The largest absolute Gasteiger partial charge is 0.489 e. The molecule has 2 aromatic rings. The molecular formula is C16H15BrO2. The Kier molecular flexibility index (Phi) is 4.74. The van der Waals surface area contributed by atoms with Crippen LogP contribution in [0.5, 0.6) is 5.75 Å². The molecule has 2 rings (SSSR count). The van der Waals surface area contributed by atoms with E-state index in [-0.39, 0.29) is 5.78 Å². The van der Waals surface area contributed by atoms with Gasteiger partial charge < -0.3 is 4.74 Å². The van der Waals surface area contributed by atoms with Gasteiger partial charge in [0.1, 0.15) is 18.1 Å². The summed E-state index contributed by atoms with van der Waals surface area (Å²) in [6.07, 6.45) is 0.479. The fourth-order valence-electron chi connectivity index (χ4n) is 1.74. The summed E-state index contributed by atoms with van der Waals surface area (Å²) in [7, 11) is 0. The topological polar surface area (TPSA) is 26.3 Å². The van der Waals surface area contributed by atoms with E-state index in [0.717, 1.165) is 21.3 Å². The number of Topliss-reactive ketones (excluding diaryl/α,β-unsaturated/α-hetero) is 1. The third-order valence-electron chi connectivity index (χ3n) is 2.70. The van der Waals surface area contributed by atoms with Crippen LogP contribution >= 0.6 is 15.9 Å². The first kappa shape index (κ1) is 13.8. The Bertz CT molecular complexity index is 544. The molecule has 0 N–H and O–H groups in total. The molecule has 0 aliphatic rings. The Balaban J connectivity index is 1.92. The molecule has 0 bridgehead atoms. The van der Waals surface area contributed by atoms with E-state index in [1.165, 1.54) is 0 Å². The first-order chi connectivity index (χ1) is 9.13. The van der Waals surface area contributed by atoms with Gasteiger partial charge in [0, 0.05) is 10.9 Å². The molecule has 0 spiro atoms.